The molecule has 3 aliphatic rings. The number of carbonyl (C=O) groups is 2. The zero-order chi connectivity index (χ0) is 10.6. The van der Waals surface area contributed by atoms with Crippen LogP contribution in [0.25, 0.3) is 0 Å². The van der Waals surface area contributed by atoms with Gasteiger partial charge in [0.15, 0.2) is 0 Å². The summed E-state index contributed by atoms with van der Waals surface area (Å²) >= 11 is 0. The van der Waals surface area contributed by atoms with E-state index in [1.165, 1.54) is 4.90 Å². The van der Waals surface area contributed by atoms with Crippen LogP contribution < -0.4 is 5.73 Å². The highest BCUT2D eigenvalue weighted by molar-refractivity contribution is 6.06. The maximum atomic E-state index is 11.9. The van der Waals surface area contributed by atoms with Gasteiger partial charge in [-0.1, -0.05) is 12.2 Å². The molecule has 3 N–H and O–H groups in total. The number of fused-ring (bicyclic) bond motifs is 5. The summed E-state index contributed by atoms with van der Waals surface area (Å²) in [6.07, 6.45) is 3.44. The second-order valence-corrected chi connectivity index (χ2v) is 4.18. The van der Waals surface area contributed by atoms with Gasteiger partial charge in [0.1, 0.15) is 0 Å². The van der Waals surface area contributed by atoms with Gasteiger partial charge >= 0.3 is 0 Å². The standard InChI is InChI=1S/C10H12N2O3/c11-3-4-12-9(13)7-5-1-2-6(15-5)8(7)10(12)14/h1-2,5-8H,3-4,11H2/p+1/t5?,6?,7-,8+. The van der Waals surface area contributed by atoms with Crippen LogP contribution in [0.2, 0.25) is 0 Å². The molecule has 80 valence electrons. The number of ether oxygens (including phenoxy) is 1. The number of rotatable bonds is 2. The van der Waals surface area contributed by atoms with Gasteiger partial charge in [-0.3, -0.25) is 14.5 Å². The number of hydrogen-bond acceptors (Lipinski definition) is 3. The van der Waals surface area contributed by atoms with Crippen LogP contribution in [0.5, 0.6) is 0 Å². The smallest absolute Gasteiger partial charge is 0.236 e. The Balaban J connectivity index is 1.93. The Kier molecular flexibility index (Phi) is 1.75. The fourth-order valence-electron chi connectivity index (χ4n) is 2.74. The molecular formula is C10H13N2O3+. The van der Waals surface area contributed by atoms with Crippen LogP contribution in [0.4, 0.5) is 0 Å². The Labute approximate surface area is 86.9 Å². The molecule has 5 nitrogen and oxygen atoms in total. The molecule has 0 radical (unpaired) electrons. The van der Waals surface area contributed by atoms with Crippen molar-refractivity contribution in [1.29, 1.82) is 0 Å². The third kappa shape index (κ3) is 0.992. The van der Waals surface area contributed by atoms with Crippen LogP contribution >= 0.6 is 0 Å². The van der Waals surface area contributed by atoms with E-state index < -0.39 is 0 Å². The van der Waals surface area contributed by atoms with Crippen molar-refractivity contribution in [2.24, 2.45) is 11.8 Å². The molecule has 0 aliphatic carbocycles. The van der Waals surface area contributed by atoms with Gasteiger partial charge in [0.2, 0.25) is 11.8 Å². The SMILES string of the molecule is [NH3+]CCN1C(=O)[C@@H]2C3C=CC(O3)[C@@H]2C1=O. The lowest BCUT2D eigenvalue weighted by Crippen LogP contribution is -2.56. The van der Waals surface area contributed by atoms with Gasteiger partial charge in [0.05, 0.1) is 37.1 Å². The third-order valence-electron chi connectivity index (χ3n) is 3.38. The number of carbonyl (C=O) groups excluding carboxylic acids is 2. The average Bonchev–Trinajstić information content (AvgIpc) is 2.87. The van der Waals surface area contributed by atoms with E-state index in [9.17, 15) is 9.59 Å². The van der Waals surface area contributed by atoms with Crippen molar-refractivity contribution in [3.05, 3.63) is 12.2 Å². The first kappa shape index (κ1) is 9.06. The maximum absolute atomic E-state index is 11.9. The normalized spacial score (nSPS) is 41.8. The Hall–Kier alpha value is -1.20. The quantitative estimate of drug-likeness (QED) is 0.429. The van der Waals surface area contributed by atoms with Crippen molar-refractivity contribution in [3.63, 3.8) is 0 Å². The van der Waals surface area contributed by atoms with Crippen molar-refractivity contribution in [2.75, 3.05) is 13.1 Å². The predicted octanol–water partition coefficient (Wildman–Crippen LogP) is -1.83. The van der Waals surface area contributed by atoms with E-state index in [-0.39, 0.29) is 35.9 Å². The molecule has 2 unspecified atom stereocenters. The van der Waals surface area contributed by atoms with Crippen molar-refractivity contribution >= 4 is 11.8 Å². The number of likely N-dealkylation sites (tertiary alicyclic amines) is 1. The predicted molar refractivity (Wildman–Crippen MR) is 49.3 cm³/mol. The first-order valence-electron chi connectivity index (χ1n) is 5.22. The minimum Gasteiger partial charge on any atom is -0.365 e. The van der Waals surface area contributed by atoms with Gasteiger partial charge in [0, 0.05) is 0 Å². The van der Waals surface area contributed by atoms with E-state index in [1.807, 2.05) is 12.2 Å². The second kappa shape index (κ2) is 2.90. The highest BCUT2D eigenvalue weighted by Crippen LogP contribution is 2.44. The first-order valence-corrected chi connectivity index (χ1v) is 5.22. The summed E-state index contributed by atoms with van der Waals surface area (Å²) in [7, 11) is 0. The Morgan fingerprint density at radius 1 is 1.20 bits per heavy atom. The lowest BCUT2D eigenvalue weighted by molar-refractivity contribution is -0.367. The molecule has 0 spiro atoms. The number of imide groups is 1. The van der Waals surface area contributed by atoms with Gasteiger partial charge in [0.25, 0.3) is 0 Å². The molecule has 5 heteroatoms. The summed E-state index contributed by atoms with van der Waals surface area (Å²) in [5.74, 6) is -0.686. The van der Waals surface area contributed by atoms with Gasteiger partial charge in [-0.05, 0) is 0 Å². The van der Waals surface area contributed by atoms with Crippen molar-refractivity contribution in [1.82, 2.24) is 4.90 Å². The Morgan fingerprint density at radius 2 is 1.73 bits per heavy atom. The first-order chi connectivity index (χ1) is 7.24. The van der Waals surface area contributed by atoms with E-state index in [2.05, 4.69) is 5.73 Å². The average molecular weight is 209 g/mol. The van der Waals surface area contributed by atoms with Crippen LogP contribution in [0.3, 0.4) is 0 Å². The second-order valence-electron chi connectivity index (χ2n) is 4.18. The monoisotopic (exact) mass is 209 g/mol. The van der Waals surface area contributed by atoms with E-state index in [4.69, 9.17) is 4.74 Å². The van der Waals surface area contributed by atoms with Crippen LogP contribution in [0.1, 0.15) is 0 Å². The highest BCUT2D eigenvalue weighted by atomic mass is 16.5. The fourth-order valence-corrected chi connectivity index (χ4v) is 2.74. The van der Waals surface area contributed by atoms with Crippen molar-refractivity contribution in [3.8, 4) is 0 Å². The lowest BCUT2D eigenvalue weighted by atomic mass is 9.85. The van der Waals surface area contributed by atoms with Gasteiger partial charge in [-0.25, -0.2) is 0 Å². The minimum absolute atomic E-state index is 0.0782. The van der Waals surface area contributed by atoms with Gasteiger partial charge < -0.3 is 10.5 Å². The zero-order valence-corrected chi connectivity index (χ0v) is 8.26. The van der Waals surface area contributed by atoms with E-state index in [1.54, 1.807) is 0 Å². The number of quaternary nitrogens is 1. The molecule has 3 aliphatic heterocycles. The molecule has 3 heterocycles. The third-order valence-corrected chi connectivity index (χ3v) is 3.38. The molecule has 2 amide bonds. The summed E-state index contributed by atoms with van der Waals surface area (Å²) in [6, 6.07) is 0. The van der Waals surface area contributed by atoms with Crippen LogP contribution in [0.15, 0.2) is 12.2 Å². The summed E-state index contributed by atoms with van der Waals surface area (Å²) < 4.78 is 5.51. The lowest BCUT2D eigenvalue weighted by Gasteiger charge is -2.15. The molecule has 0 aromatic carbocycles. The maximum Gasteiger partial charge on any atom is 0.236 e. The van der Waals surface area contributed by atoms with E-state index in [0.717, 1.165) is 0 Å². The van der Waals surface area contributed by atoms with E-state index in [0.29, 0.717) is 13.1 Å². The molecular weight excluding hydrogens is 196 g/mol. The minimum atomic E-state index is -0.265. The summed E-state index contributed by atoms with van der Waals surface area (Å²) in [6.45, 7) is 1.00. The number of hydrogen-bond donors (Lipinski definition) is 1. The van der Waals surface area contributed by atoms with Gasteiger partial charge in [-0.15, -0.1) is 0 Å². The fraction of sp³-hybridized carbons (Fsp3) is 0.600. The van der Waals surface area contributed by atoms with Crippen LogP contribution in [-0.2, 0) is 14.3 Å². The van der Waals surface area contributed by atoms with Crippen LogP contribution in [-0.4, -0.2) is 42.0 Å². The molecule has 4 atom stereocenters. The summed E-state index contributed by atoms with van der Waals surface area (Å²) in [4.78, 5) is 25.2. The Bertz CT molecular complexity index is 336. The molecule has 15 heavy (non-hydrogen) atoms. The molecule has 0 aromatic rings. The zero-order valence-electron chi connectivity index (χ0n) is 8.26. The molecule has 2 fully saturated rings. The molecule has 2 saturated heterocycles. The summed E-state index contributed by atoms with van der Waals surface area (Å²) in [5.41, 5.74) is 3.67. The van der Waals surface area contributed by atoms with Crippen molar-refractivity contribution in [2.45, 2.75) is 12.2 Å². The van der Waals surface area contributed by atoms with Gasteiger partial charge in [-0.2, -0.15) is 0 Å². The summed E-state index contributed by atoms with van der Waals surface area (Å²) in [5, 5.41) is 0. The Morgan fingerprint density at radius 3 is 2.20 bits per heavy atom. The molecule has 2 bridgehead atoms. The number of nitrogens with zero attached hydrogens (tertiary/aromatic N) is 1. The molecule has 0 aromatic heterocycles. The van der Waals surface area contributed by atoms with E-state index >= 15 is 0 Å². The highest BCUT2D eigenvalue weighted by Gasteiger charge is 2.60. The molecule has 3 rings (SSSR count). The van der Waals surface area contributed by atoms with Crippen molar-refractivity contribution < 1.29 is 20.1 Å². The topological polar surface area (TPSA) is 74.2 Å². The molecule has 0 saturated carbocycles. The van der Waals surface area contributed by atoms with Crippen LogP contribution in [0, 0.1) is 11.8 Å². The number of amides is 2. The largest absolute Gasteiger partial charge is 0.365 e.